The molecule has 0 heterocycles. The summed E-state index contributed by atoms with van der Waals surface area (Å²) >= 11 is 0. The second kappa shape index (κ2) is 13.9. The lowest BCUT2D eigenvalue weighted by Gasteiger charge is -2.36. The molecule has 2 rings (SSSR count). The van der Waals surface area contributed by atoms with E-state index in [2.05, 4.69) is 39.2 Å². The van der Waals surface area contributed by atoms with Gasteiger partial charge in [-0.2, -0.15) is 0 Å². The molecule has 0 bridgehead atoms. The first-order chi connectivity index (χ1) is 19.2. The van der Waals surface area contributed by atoms with E-state index in [1.54, 1.807) is 59.7 Å². The van der Waals surface area contributed by atoms with Crippen LogP contribution in [-0.4, -0.2) is 43.4 Å². The normalized spacial score (nSPS) is 13.2. The lowest BCUT2D eigenvalue weighted by atomic mass is 10.1. The van der Waals surface area contributed by atoms with Gasteiger partial charge >= 0.3 is 11.9 Å². The number of rotatable bonds is 11. The van der Waals surface area contributed by atoms with Gasteiger partial charge in [0.15, 0.2) is 8.32 Å². The van der Waals surface area contributed by atoms with E-state index in [0.29, 0.717) is 17.9 Å². The van der Waals surface area contributed by atoms with Crippen LogP contribution >= 0.6 is 0 Å². The van der Waals surface area contributed by atoms with Crippen molar-refractivity contribution in [3.05, 3.63) is 65.2 Å². The third kappa shape index (κ3) is 11.6. The maximum absolute atomic E-state index is 13.8. The predicted octanol–water partition coefficient (Wildman–Crippen LogP) is 6.96. The van der Waals surface area contributed by atoms with Crippen LogP contribution in [-0.2, 0) is 36.7 Å². The van der Waals surface area contributed by atoms with E-state index in [0.717, 1.165) is 5.56 Å². The van der Waals surface area contributed by atoms with Gasteiger partial charge in [0.1, 0.15) is 29.6 Å². The fourth-order valence-corrected chi connectivity index (χ4v) is 4.50. The van der Waals surface area contributed by atoms with Gasteiger partial charge < -0.3 is 24.0 Å². The summed E-state index contributed by atoms with van der Waals surface area (Å²) in [6.07, 6.45) is -0.377. The monoisotopic (exact) mass is 599 g/mol. The molecule has 1 amide bonds. The minimum absolute atomic E-state index is 0.0244. The third-order valence-electron chi connectivity index (χ3n) is 6.76. The lowest BCUT2D eigenvalue weighted by Crippen LogP contribution is -2.46. The van der Waals surface area contributed by atoms with E-state index >= 15 is 0 Å². The molecule has 42 heavy (non-hydrogen) atoms. The summed E-state index contributed by atoms with van der Waals surface area (Å²) in [5, 5.41) is 2.70. The molecule has 1 unspecified atom stereocenters. The van der Waals surface area contributed by atoms with E-state index in [9.17, 15) is 14.4 Å². The van der Waals surface area contributed by atoms with Gasteiger partial charge in [-0.15, -0.1) is 0 Å². The Balaban J connectivity index is 2.40. The molecule has 0 fully saturated rings. The Bertz CT molecular complexity index is 1220. The van der Waals surface area contributed by atoms with Crippen molar-refractivity contribution >= 4 is 26.2 Å². The van der Waals surface area contributed by atoms with Crippen LogP contribution in [0.5, 0.6) is 5.75 Å². The van der Waals surface area contributed by atoms with Crippen LogP contribution in [0.15, 0.2) is 48.5 Å². The Morgan fingerprint density at radius 2 is 1.40 bits per heavy atom. The number of hydrogen-bond donors (Lipinski definition) is 1. The number of hydrogen-bond acceptors (Lipinski definition) is 7. The molecule has 0 spiro atoms. The topological polar surface area (TPSA) is 100 Å². The van der Waals surface area contributed by atoms with Gasteiger partial charge in [-0.1, -0.05) is 57.2 Å². The zero-order chi connectivity index (χ0) is 31.9. The van der Waals surface area contributed by atoms with Crippen molar-refractivity contribution in [2.24, 2.45) is 0 Å². The van der Waals surface area contributed by atoms with E-state index in [4.69, 9.17) is 18.6 Å². The van der Waals surface area contributed by atoms with Crippen molar-refractivity contribution in [1.82, 2.24) is 5.32 Å². The van der Waals surface area contributed by atoms with Gasteiger partial charge in [0.25, 0.3) is 5.91 Å². The maximum atomic E-state index is 13.8. The molecule has 0 aliphatic heterocycles. The largest absolute Gasteiger partial charge is 0.489 e. The van der Waals surface area contributed by atoms with Crippen molar-refractivity contribution in [1.29, 1.82) is 0 Å². The quantitative estimate of drug-likeness (QED) is 0.220. The van der Waals surface area contributed by atoms with Gasteiger partial charge in [-0.25, -0.2) is 4.79 Å². The summed E-state index contributed by atoms with van der Waals surface area (Å²) in [4.78, 5) is 39.6. The van der Waals surface area contributed by atoms with Crippen molar-refractivity contribution in [3.8, 4) is 5.75 Å². The first-order valence-electron chi connectivity index (χ1n) is 14.4. The summed E-state index contributed by atoms with van der Waals surface area (Å²) in [7, 11) is -2.14. The van der Waals surface area contributed by atoms with Gasteiger partial charge in [0.2, 0.25) is 0 Å². The Morgan fingerprint density at radius 3 is 1.95 bits per heavy atom. The highest BCUT2D eigenvalue weighted by atomic mass is 28.4. The molecule has 0 saturated carbocycles. The smallest absolute Gasteiger partial charge is 0.329 e. The lowest BCUT2D eigenvalue weighted by molar-refractivity contribution is -0.164. The molecule has 1 atom stereocenters. The van der Waals surface area contributed by atoms with E-state index < -0.39 is 43.4 Å². The summed E-state index contributed by atoms with van der Waals surface area (Å²) in [5.41, 5.74) is 0.345. The molecule has 1 N–H and O–H groups in total. The van der Waals surface area contributed by atoms with Crippen LogP contribution < -0.4 is 10.1 Å². The Morgan fingerprint density at radius 1 is 0.810 bits per heavy atom. The number of esters is 2. The standard InChI is InChI=1S/C33H49NO7Si/c1-31(2,3)40-28(35)20-27(30(37)41-32(4,5)6)34-29(36)26-19-25(38-21-23-15-13-12-14-16-23)18-17-24(26)22-39-42(10,11)33(7,8)9/h12-19,27H,20-22H2,1-11H3,(H,34,36). The van der Waals surface area contributed by atoms with Gasteiger partial charge in [-0.3, -0.25) is 9.59 Å². The molecule has 232 valence electrons. The molecule has 0 aliphatic carbocycles. The molecule has 0 saturated heterocycles. The highest BCUT2D eigenvalue weighted by Gasteiger charge is 2.37. The Hall–Kier alpha value is -3.17. The maximum Gasteiger partial charge on any atom is 0.329 e. The van der Waals surface area contributed by atoms with Crippen LogP contribution in [0.4, 0.5) is 0 Å². The van der Waals surface area contributed by atoms with E-state index in [1.165, 1.54) is 0 Å². The molecule has 0 radical (unpaired) electrons. The summed E-state index contributed by atoms with van der Waals surface area (Å²) in [6, 6.07) is 13.7. The molecule has 8 nitrogen and oxygen atoms in total. The number of benzene rings is 2. The second-order valence-corrected chi connectivity index (χ2v) is 18.8. The molecular formula is C33H49NO7Si. The van der Waals surface area contributed by atoms with E-state index in [1.807, 2.05) is 30.3 Å². The fraction of sp³-hybridized carbons (Fsp3) is 0.545. The van der Waals surface area contributed by atoms with Gasteiger partial charge in [0, 0.05) is 5.56 Å². The van der Waals surface area contributed by atoms with Crippen LogP contribution in [0.2, 0.25) is 18.1 Å². The average molecular weight is 600 g/mol. The van der Waals surface area contributed by atoms with Crippen molar-refractivity contribution in [2.75, 3.05) is 0 Å². The summed E-state index contributed by atoms with van der Waals surface area (Å²) in [5.74, 6) is -1.41. The molecule has 0 aromatic heterocycles. The van der Waals surface area contributed by atoms with Crippen molar-refractivity contribution in [2.45, 2.75) is 117 Å². The average Bonchev–Trinajstić information content (AvgIpc) is 2.83. The predicted molar refractivity (Wildman–Crippen MR) is 167 cm³/mol. The minimum atomic E-state index is -2.14. The highest BCUT2D eigenvalue weighted by molar-refractivity contribution is 6.74. The molecular weight excluding hydrogens is 550 g/mol. The zero-order valence-corrected chi connectivity index (χ0v) is 28.2. The molecule has 2 aromatic rings. The van der Waals surface area contributed by atoms with Gasteiger partial charge in [0.05, 0.1) is 13.0 Å². The van der Waals surface area contributed by atoms with Crippen LogP contribution in [0.25, 0.3) is 0 Å². The van der Waals surface area contributed by atoms with Crippen LogP contribution in [0, 0.1) is 0 Å². The summed E-state index contributed by atoms with van der Waals surface area (Å²) in [6.45, 7) is 21.6. The number of ether oxygens (including phenoxy) is 3. The molecule has 2 aromatic carbocycles. The SMILES string of the molecule is CC(C)(C)OC(=O)CC(NC(=O)c1cc(OCc2ccccc2)ccc1CO[Si](C)(C)C(C)(C)C)C(=O)OC(C)(C)C. The Labute approximate surface area is 252 Å². The number of nitrogens with one attached hydrogen (secondary N) is 1. The van der Waals surface area contributed by atoms with Crippen LogP contribution in [0.3, 0.4) is 0 Å². The van der Waals surface area contributed by atoms with Crippen molar-refractivity contribution in [3.63, 3.8) is 0 Å². The number of carbonyl (C=O) groups is 3. The second-order valence-electron chi connectivity index (χ2n) is 14.0. The number of carbonyl (C=O) groups excluding carboxylic acids is 3. The van der Waals surface area contributed by atoms with Crippen LogP contribution in [0.1, 0.15) is 90.2 Å². The first-order valence-corrected chi connectivity index (χ1v) is 17.3. The molecule has 9 heteroatoms. The number of amides is 1. The van der Waals surface area contributed by atoms with Crippen molar-refractivity contribution < 1.29 is 33.0 Å². The van der Waals surface area contributed by atoms with Gasteiger partial charge in [-0.05, 0) is 82.9 Å². The highest BCUT2D eigenvalue weighted by Crippen LogP contribution is 2.37. The first kappa shape index (κ1) is 35.0. The Kier molecular flexibility index (Phi) is 11.6. The zero-order valence-electron chi connectivity index (χ0n) is 27.2. The third-order valence-corrected chi connectivity index (χ3v) is 11.2. The fourth-order valence-electron chi connectivity index (χ4n) is 3.55. The summed E-state index contributed by atoms with van der Waals surface area (Å²) < 4.78 is 23.4. The molecule has 0 aliphatic rings. The van der Waals surface area contributed by atoms with E-state index in [-0.39, 0.29) is 23.6 Å². The minimum Gasteiger partial charge on any atom is -0.489 e.